The highest BCUT2D eigenvalue weighted by Crippen LogP contribution is 2.13. The highest BCUT2D eigenvalue weighted by atomic mass is 35.5. The van der Waals surface area contributed by atoms with Gasteiger partial charge >= 0.3 is 0 Å². The van der Waals surface area contributed by atoms with Crippen molar-refractivity contribution in [2.45, 2.75) is 19.0 Å². The topological polar surface area (TPSA) is 46.1 Å². The van der Waals surface area contributed by atoms with Gasteiger partial charge in [-0.2, -0.15) is 0 Å². The van der Waals surface area contributed by atoms with Crippen molar-refractivity contribution in [3.63, 3.8) is 0 Å². The van der Waals surface area contributed by atoms with Crippen molar-refractivity contribution in [1.29, 1.82) is 0 Å². The number of halogens is 1. The van der Waals surface area contributed by atoms with Gasteiger partial charge in [0.25, 0.3) is 5.91 Å². The largest absolute Gasteiger partial charge is 0.347 e. The van der Waals surface area contributed by atoms with Gasteiger partial charge in [0.1, 0.15) is 5.69 Å². The molecular weight excluding hydrogens is 294 g/mol. The fraction of sp³-hybridized carbons (Fsp3) is 0.357. The predicted octanol–water partition coefficient (Wildman–Crippen LogP) is 2.11. The number of amides is 1. The Morgan fingerprint density at radius 3 is 3.05 bits per heavy atom. The van der Waals surface area contributed by atoms with Gasteiger partial charge < -0.3 is 15.2 Å². The second-order valence-corrected chi connectivity index (χ2v) is 5.80. The first-order valence-electron chi connectivity index (χ1n) is 6.52. The molecule has 1 saturated heterocycles. The summed E-state index contributed by atoms with van der Waals surface area (Å²) < 4.78 is 2.00. The number of hydrogen-bond acceptors (Lipinski definition) is 3. The van der Waals surface area contributed by atoms with Crippen LogP contribution in [-0.2, 0) is 6.54 Å². The van der Waals surface area contributed by atoms with Gasteiger partial charge in [-0.3, -0.25) is 4.79 Å². The molecule has 0 saturated carbocycles. The molecule has 2 aromatic heterocycles. The van der Waals surface area contributed by atoms with Crippen LogP contribution in [0.5, 0.6) is 0 Å². The predicted molar refractivity (Wildman–Crippen MR) is 83.8 cm³/mol. The Labute approximate surface area is 128 Å². The Bertz CT molecular complexity index is 547. The minimum atomic E-state index is 0. The van der Waals surface area contributed by atoms with Crippen molar-refractivity contribution in [1.82, 2.24) is 15.2 Å². The molecule has 6 heteroatoms. The maximum absolute atomic E-state index is 12.3. The van der Waals surface area contributed by atoms with Gasteiger partial charge in [-0.05, 0) is 36.5 Å². The Morgan fingerprint density at radius 2 is 2.35 bits per heavy atom. The third-order valence-corrected chi connectivity index (χ3v) is 4.23. The molecule has 2 N–H and O–H groups in total. The second kappa shape index (κ2) is 6.92. The van der Waals surface area contributed by atoms with Gasteiger partial charge in [0.2, 0.25) is 0 Å². The molecule has 0 bridgehead atoms. The summed E-state index contributed by atoms with van der Waals surface area (Å²) >= 11 is 1.71. The highest BCUT2D eigenvalue weighted by Gasteiger charge is 2.19. The summed E-state index contributed by atoms with van der Waals surface area (Å²) in [4.78, 5) is 13.5. The van der Waals surface area contributed by atoms with E-state index in [-0.39, 0.29) is 24.4 Å². The summed E-state index contributed by atoms with van der Waals surface area (Å²) in [6, 6.07) is 8.19. The van der Waals surface area contributed by atoms with Gasteiger partial charge in [-0.25, -0.2) is 0 Å². The van der Waals surface area contributed by atoms with Crippen LogP contribution in [0.3, 0.4) is 0 Å². The molecule has 0 spiro atoms. The van der Waals surface area contributed by atoms with E-state index in [9.17, 15) is 4.79 Å². The van der Waals surface area contributed by atoms with E-state index in [0.717, 1.165) is 31.7 Å². The highest BCUT2D eigenvalue weighted by molar-refractivity contribution is 7.09. The van der Waals surface area contributed by atoms with Crippen molar-refractivity contribution in [2.24, 2.45) is 0 Å². The lowest BCUT2D eigenvalue weighted by Crippen LogP contribution is -2.37. The second-order valence-electron chi connectivity index (χ2n) is 4.76. The van der Waals surface area contributed by atoms with E-state index in [1.165, 1.54) is 4.88 Å². The maximum Gasteiger partial charge on any atom is 0.268 e. The zero-order valence-corrected chi connectivity index (χ0v) is 12.7. The molecule has 1 aliphatic rings. The lowest BCUT2D eigenvalue weighted by atomic mass is 10.2. The van der Waals surface area contributed by atoms with E-state index >= 15 is 0 Å². The molecule has 0 radical (unpaired) electrons. The molecule has 1 unspecified atom stereocenters. The summed E-state index contributed by atoms with van der Waals surface area (Å²) in [5.74, 6) is 0.0234. The van der Waals surface area contributed by atoms with Crippen LogP contribution in [0.4, 0.5) is 0 Å². The van der Waals surface area contributed by atoms with Crippen LogP contribution in [0, 0.1) is 0 Å². The van der Waals surface area contributed by atoms with Crippen molar-refractivity contribution in [3.05, 3.63) is 46.4 Å². The Morgan fingerprint density at radius 1 is 1.45 bits per heavy atom. The molecule has 1 amide bonds. The molecule has 0 aliphatic carbocycles. The van der Waals surface area contributed by atoms with E-state index in [0.29, 0.717) is 0 Å². The summed E-state index contributed by atoms with van der Waals surface area (Å²) in [6.07, 6.45) is 2.97. The van der Waals surface area contributed by atoms with E-state index in [4.69, 9.17) is 0 Å². The third kappa shape index (κ3) is 3.42. The standard InChI is InChI=1S/C14H17N3OS.ClH/c18-14(16-11-5-6-15-9-11)13-4-1-7-17(13)10-12-3-2-8-19-12;/h1-4,7-8,11,15H,5-6,9-10H2,(H,16,18);1H. The van der Waals surface area contributed by atoms with Gasteiger partial charge in [-0.1, -0.05) is 6.07 Å². The van der Waals surface area contributed by atoms with Crippen molar-refractivity contribution in [3.8, 4) is 0 Å². The minimum absolute atomic E-state index is 0. The SMILES string of the molecule is Cl.O=C(NC1CCNC1)c1cccn1Cc1cccs1. The smallest absolute Gasteiger partial charge is 0.268 e. The maximum atomic E-state index is 12.3. The third-order valence-electron chi connectivity index (χ3n) is 3.36. The van der Waals surface area contributed by atoms with E-state index in [2.05, 4.69) is 22.1 Å². The molecule has 1 fully saturated rings. The molecule has 4 nitrogen and oxygen atoms in total. The molecule has 1 atom stereocenters. The molecule has 1 aliphatic heterocycles. The zero-order valence-electron chi connectivity index (χ0n) is 11.0. The van der Waals surface area contributed by atoms with Crippen LogP contribution in [0.25, 0.3) is 0 Å². The number of carbonyl (C=O) groups is 1. The van der Waals surface area contributed by atoms with Gasteiger partial charge in [0, 0.05) is 23.7 Å². The first kappa shape index (κ1) is 15.1. The van der Waals surface area contributed by atoms with E-state index < -0.39 is 0 Å². The number of rotatable bonds is 4. The summed E-state index contributed by atoms with van der Waals surface area (Å²) in [7, 11) is 0. The van der Waals surface area contributed by atoms with Crippen molar-refractivity contribution < 1.29 is 4.79 Å². The average Bonchev–Trinajstić information content (AvgIpc) is 3.10. The first-order chi connectivity index (χ1) is 9.33. The van der Waals surface area contributed by atoms with Crippen LogP contribution >= 0.6 is 23.7 Å². The molecule has 108 valence electrons. The normalized spacial score (nSPS) is 17.7. The van der Waals surface area contributed by atoms with E-state index in [1.807, 2.05) is 29.0 Å². The number of hydrogen-bond donors (Lipinski definition) is 2. The number of carbonyl (C=O) groups excluding carboxylic acids is 1. The van der Waals surface area contributed by atoms with Crippen LogP contribution in [-0.4, -0.2) is 29.6 Å². The molecule has 0 aromatic carbocycles. The summed E-state index contributed by atoms with van der Waals surface area (Å²) in [6.45, 7) is 2.62. The lowest BCUT2D eigenvalue weighted by Gasteiger charge is -2.13. The number of aromatic nitrogens is 1. The van der Waals surface area contributed by atoms with Crippen molar-refractivity contribution >= 4 is 29.7 Å². The zero-order chi connectivity index (χ0) is 13.1. The van der Waals surface area contributed by atoms with Crippen molar-refractivity contribution in [2.75, 3.05) is 13.1 Å². The Hall–Kier alpha value is -1.30. The number of nitrogens with zero attached hydrogens (tertiary/aromatic N) is 1. The first-order valence-corrected chi connectivity index (χ1v) is 7.40. The number of thiophene rings is 1. The Balaban J connectivity index is 0.00000147. The lowest BCUT2D eigenvalue weighted by molar-refractivity contribution is 0.0931. The minimum Gasteiger partial charge on any atom is -0.347 e. The molecule has 2 aromatic rings. The fourth-order valence-corrected chi connectivity index (χ4v) is 3.07. The monoisotopic (exact) mass is 311 g/mol. The average molecular weight is 312 g/mol. The molecule has 3 heterocycles. The van der Waals surface area contributed by atoms with Crippen LogP contribution < -0.4 is 10.6 Å². The number of nitrogens with one attached hydrogen (secondary N) is 2. The quantitative estimate of drug-likeness (QED) is 0.908. The summed E-state index contributed by atoms with van der Waals surface area (Å²) in [5, 5.41) is 8.39. The van der Waals surface area contributed by atoms with Gasteiger partial charge in [0.15, 0.2) is 0 Å². The Kier molecular flexibility index (Phi) is 5.23. The van der Waals surface area contributed by atoms with Crippen LogP contribution in [0.2, 0.25) is 0 Å². The van der Waals surface area contributed by atoms with E-state index in [1.54, 1.807) is 11.3 Å². The van der Waals surface area contributed by atoms with Crippen LogP contribution in [0.15, 0.2) is 35.8 Å². The molecular formula is C14H18ClN3OS. The summed E-state index contributed by atoms with van der Waals surface area (Å²) in [5.41, 5.74) is 0.736. The molecule has 3 rings (SSSR count). The molecule has 20 heavy (non-hydrogen) atoms. The van der Waals surface area contributed by atoms with Crippen LogP contribution in [0.1, 0.15) is 21.8 Å². The van der Waals surface area contributed by atoms with Gasteiger partial charge in [0.05, 0.1) is 6.54 Å². The van der Waals surface area contributed by atoms with Gasteiger partial charge in [-0.15, -0.1) is 23.7 Å². The fourth-order valence-electron chi connectivity index (χ4n) is 2.37.